The highest BCUT2D eigenvalue weighted by Gasteiger charge is 2.61. The molecule has 0 saturated heterocycles. The number of benzene rings is 7. The minimum atomic E-state index is -2.57. The van der Waals surface area contributed by atoms with Crippen LogP contribution >= 0.6 is 0 Å². The van der Waals surface area contributed by atoms with E-state index < -0.39 is 108 Å². The second kappa shape index (κ2) is 19.0. The van der Waals surface area contributed by atoms with Gasteiger partial charge in [-0.25, -0.2) is 0 Å². The second-order valence-corrected chi connectivity index (χ2v) is 17.2. The smallest absolute Gasteiger partial charge is 0.204 e. The summed E-state index contributed by atoms with van der Waals surface area (Å²) in [5.74, 6) is -13.7. The predicted molar refractivity (Wildman–Crippen MR) is 268 cm³/mol. The standard InChI is InChI=1S/C41H34O13.C13H12.C3H8/c1-15-26-23(32(46)36(50)29(15)43)22(21(31(45)17(3)42)14-11-18-9-12-20(13-10-18)19-7-5-4-6-8-19)40(54)41(26)27-16(2)30(44)37(51)33(47)24(27)25-28(41)35(49)39(53)38(52)34(25)48;1-11-7-9-13(10-8-11)12-5-3-2-4-6-12;1-3-2/h4-10,12-13,42-54H,3,11,14H2,1-2H3;2-10H,1H3;3H2,1-2H3/b31-21+;;. The number of aromatic hydroxyl groups is 10. The number of aliphatic hydroxyl groups is 3. The van der Waals surface area contributed by atoms with Crippen LogP contribution in [0.25, 0.3) is 39.0 Å². The van der Waals surface area contributed by atoms with Gasteiger partial charge in [0.1, 0.15) is 16.9 Å². The van der Waals surface area contributed by atoms with Crippen molar-refractivity contribution in [3.8, 4) is 90.9 Å². The fourth-order valence-electron chi connectivity index (χ4n) is 9.40. The molecule has 13 heteroatoms. The Kier molecular flexibility index (Phi) is 13.3. The highest BCUT2D eigenvalue weighted by molar-refractivity contribution is 6.06. The molecule has 1 spiro atoms. The molecule has 360 valence electrons. The van der Waals surface area contributed by atoms with Crippen molar-refractivity contribution >= 4 is 5.57 Å². The van der Waals surface area contributed by atoms with E-state index in [0.29, 0.717) is 5.56 Å². The maximum atomic E-state index is 12.8. The number of aryl methyl sites for hydroxylation is 2. The molecule has 0 bridgehead atoms. The summed E-state index contributed by atoms with van der Waals surface area (Å²) in [6.07, 6.45) is 1.15. The zero-order valence-electron chi connectivity index (χ0n) is 39.0. The number of phenolic OH excluding ortho intramolecular Hbond substituents is 10. The van der Waals surface area contributed by atoms with Gasteiger partial charge in [-0.1, -0.05) is 142 Å². The van der Waals surface area contributed by atoms with Crippen molar-refractivity contribution in [1.29, 1.82) is 0 Å². The van der Waals surface area contributed by atoms with Crippen LogP contribution in [0.1, 0.15) is 71.2 Å². The van der Waals surface area contributed by atoms with Crippen LogP contribution in [0.5, 0.6) is 57.5 Å². The molecule has 0 saturated carbocycles. The van der Waals surface area contributed by atoms with Crippen LogP contribution in [-0.4, -0.2) is 66.4 Å². The summed E-state index contributed by atoms with van der Waals surface area (Å²) >= 11 is 0. The van der Waals surface area contributed by atoms with Crippen molar-refractivity contribution < 1.29 is 66.4 Å². The van der Waals surface area contributed by atoms with E-state index in [-0.39, 0.29) is 40.7 Å². The summed E-state index contributed by atoms with van der Waals surface area (Å²) < 4.78 is 0. The molecular formula is C57H54O13. The second-order valence-electron chi connectivity index (χ2n) is 17.2. The van der Waals surface area contributed by atoms with Gasteiger partial charge in [-0.2, -0.15) is 0 Å². The Morgan fingerprint density at radius 1 is 0.443 bits per heavy atom. The van der Waals surface area contributed by atoms with Crippen molar-refractivity contribution in [2.24, 2.45) is 0 Å². The zero-order chi connectivity index (χ0) is 51.1. The van der Waals surface area contributed by atoms with Crippen molar-refractivity contribution in [2.45, 2.75) is 59.3 Å². The Morgan fingerprint density at radius 2 is 0.814 bits per heavy atom. The topological polar surface area (TPSA) is 263 Å². The van der Waals surface area contributed by atoms with E-state index >= 15 is 0 Å². The van der Waals surface area contributed by atoms with Crippen LogP contribution in [0.4, 0.5) is 0 Å². The number of hydrogen-bond acceptors (Lipinski definition) is 13. The van der Waals surface area contributed by atoms with E-state index in [2.05, 4.69) is 75.9 Å². The Bertz CT molecular complexity index is 3170. The quantitative estimate of drug-likeness (QED) is 0.0307. The molecule has 0 radical (unpaired) electrons. The third-order valence-electron chi connectivity index (χ3n) is 12.7. The number of rotatable bonds is 7. The van der Waals surface area contributed by atoms with Gasteiger partial charge in [-0.05, 0) is 72.6 Å². The lowest BCUT2D eigenvalue weighted by Gasteiger charge is -2.33. The molecule has 7 aromatic rings. The molecule has 0 aromatic heterocycles. The minimum absolute atomic E-state index is 0.118. The number of allylic oxidation sites excluding steroid dienone is 3. The third kappa shape index (κ3) is 7.80. The molecule has 70 heavy (non-hydrogen) atoms. The number of aliphatic hydroxyl groups excluding tert-OH is 3. The molecule has 1 atom stereocenters. The van der Waals surface area contributed by atoms with Crippen LogP contribution in [-0.2, 0) is 11.8 Å². The first kappa shape index (κ1) is 49.1. The minimum Gasteiger partial charge on any atom is -0.510 e. The van der Waals surface area contributed by atoms with Crippen molar-refractivity contribution in [2.75, 3.05) is 0 Å². The molecule has 0 fully saturated rings. The van der Waals surface area contributed by atoms with Gasteiger partial charge in [-0.3, -0.25) is 0 Å². The van der Waals surface area contributed by atoms with Gasteiger partial charge in [0.05, 0.1) is 0 Å². The maximum Gasteiger partial charge on any atom is 0.204 e. The summed E-state index contributed by atoms with van der Waals surface area (Å²) in [4.78, 5) is 0. The molecule has 0 heterocycles. The zero-order valence-corrected chi connectivity index (χ0v) is 39.0. The molecule has 1 unspecified atom stereocenters. The van der Waals surface area contributed by atoms with Crippen LogP contribution in [0.3, 0.4) is 0 Å². The van der Waals surface area contributed by atoms with Crippen molar-refractivity contribution in [1.82, 2.24) is 0 Å². The van der Waals surface area contributed by atoms with Gasteiger partial charge in [0, 0.05) is 44.5 Å². The Labute approximate surface area is 404 Å². The number of hydrogen-bond donors (Lipinski definition) is 13. The van der Waals surface area contributed by atoms with Crippen LogP contribution in [0.2, 0.25) is 0 Å². The predicted octanol–water partition coefficient (Wildman–Crippen LogP) is 12.2. The van der Waals surface area contributed by atoms with E-state index in [9.17, 15) is 66.4 Å². The van der Waals surface area contributed by atoms with Crippen LogP contribution in [0.15, 0.2) is 139 Å². The lowest BCUT2D eigenvalue weighted by molar-refractivity contribution is 0.322. The summed E-state index contributed by atoms with van der Waals surface area (Å²) in [7, 11) is 0. The molecule has 0 amide bonds. The highest BCUT2D eigenvalue weighted by atomic mass is 16.4. The fourth-order valence-corrected chi connectivity index (χ4v) is 9.40. The fraction of sp³-hybridized carbons (Fsp3) is 0.158. The Morgan fingerprint density at radius 3 is 1.27 bits per heavy atom. The molecular weight excluding hydrogens is 893 g/mol. The van der Waals surface area contributed by atoms with Gasteiger partial charge < -0.3 is 66.4 Å². The lowest BCUT2D eigenvalue weighted by atomic mass is 9.69. The van der Waals surface area contributed by atoms with Gasteiger partial charge in [0.15, 0.2) is 40.3 Å². The third-order valence-corrected chi connectivity index (χ3v) is 12.7. The summed E-state index contributed by atoms with van der Waals surface area (Å²) in [5, 5.41) is 146. The molecule has 2 aliphatic carbocycles. The van der Waals surface area contributed by atoms with E-state index in [1.807, 2.05) is 60.7 Å². The maximum absolute atomic E-state index is 12.8. The molecule has 13 nitrogen and oxygen atoms in total. The van der Waals surface area contributed by atoms with Crippen LogP contribution in [0, 0.1) is 20.8 Å². The van der Waals surface area contributed by atoms with Crippen molar-refractivity contribution in [3.05, 3.63) is 183 Å². The molecule has 0 aliphatic heterocycles. The van der Waals surface area contributed by atoms with E-state index in [1.165, 1.54) is 37.0 Å². The monoisotopic (exact) mass is 946 g/mol. The van der Waals surface area contributed by atoms with Crippen molar-refractivity contribution in [3.63, 3.8) is 0 Å². The number of fused-ring (bicyclic) bond motifs is 7. The average Bonchev–Trinajstić information content (AvgIpc) is 3.83. The first-order chi connectivity index (χ1) is 33.3. The molecule has 2 aliphatic rings. The van der Waals surface area contributed by atoms with E-state index in [1.54, 1.807) is 0 Å². The summed E-state index contributed by atoms with van der Waals surface area (Å²) in [6.45, 7) is 12.3. The highest BCUT2D eigenvalue weighted by Crippen LogP contribution is 2.73. The molecule has 7 aromatic carbocycles. The summed E-state index contributed by atoms with van der Waals surface area (Å²) in [6, 6.07) is 35.9. The Hall–Kier alpha value is -8.84. The largest absolute Gasteiger partial charge is 0.510 e. The Balaban J connectivity index is 0.000000382. The van der Waals surface area contributed by atoms with Crippen LogP contribution < -0.4 is 0 Å². The van der Waals surface area contributed by atoms with E-state index in [0.717, 1.165) is 11.1 Å². The average molecular weight is 947 g/mol. The van der Waals surface area contributed by atoms with Gasteiger partial charge in [-0.15, -0.1) is 0 Å². The lowest BCUT2D eigenvalue weighted by Crippen LogP contribution is -2.29. The van der Waals surface area contributed by atoms with Gasteiger partial charge in [0.25, 0.3) is 0 Å². The molecule has 9 rings (SSSR count). The molecule has 13 N–H and O–H groups in total. The van der Waals surface area contributed by atoms with Gasteiger partial charge in [0.2, 0.25) is 23.0 Å². The normalized spacial score (nSPS) is 14.4. The SMILES string of the molecule is C=C(O)/C(O)=C(/CCc1ccc(-c2ccccc2)cc1)C1=C(O)C2(c3c(C)c(O)c(O)c(O)c31)c1c(C)c(O)c(O)c(O)c1-c1c(O)c(O)c(O)c(O)c12.CCC.Cc1ccc(-c2ccccc2)cc1. The summed E-state index contributed by atoms with van der Waals surface area (Å²) in [5.41, 5.74) is -0.496. The first-order valence-corrected chi connectivity index (χ1v) is 22.3. The number of phenols is 10. The van der Waals surface area contributed by atoms with E-state index in [4.69, 9.17) is 0 Å². The first-order valence-electron chi connectivity index (χ1n) is 22.3. The van der Waals surface area contributed by atoms with Gasteiger partial charge >= 0.3 is 0 Å².